The summed E-state index contributed by atoms with van der Waals surface area (Å²) in [5, 5.41) is 7.71. The molecule has 21 heavy (non-hydrogen) atoms. The van der Waals surface area contributed by atoms with Gasteiger partial charge in [0.15, 0.2) is 0 Å². The molecule has 3 heterocycles. The number of hydrogen-bond acceptors (Lipinski definition) is 3. The highest BCUT2D eigenvalue weighted by atomic mass is 15.4. The number of rotatable bonds is 2. The fourth-order valence-electron chi connectivity index (χ4n) is 5.72. The van der Waals surface area contributed by atoms with E-state index in [1.165, 1.54) is 25.8 Å². The van der Waals surface area contributed by atoms with Gasteiger partial charge < -0.3 is 5.32 Å². The van der Waals surface area contributed by atoms with Crippen molar-refractivity contribution < 1.29 is 0 Å². The summed E-state index contributed by atoms with van der Waals surface area (Å²) < 4.78 is 0. The van der Waals surface area contributed by atoms with Gasteiger partial charge in [0, 0.05) is 11.6 Å². The molecule has 3 aliphatic heterocycles. The zero-order chi connectivity index (χ0) is 15.4. The van der Waals surface area contributed by atoms with E-state index < -0.39 is 0 Å². The quantitative estimate of drug-likeness (QED) is 0.819. The number of hydrogen-bond donors (Lipinski definition) is 2. The molecule has 0 radical (unpaired) electrons. The van der Waals surface area contributed by atoms with Crippen molar-refractivity contribution in [3.05, 3.63) is 0 Å². The predicted octanol–water partition coefficient (Wildman–Crippen LogP) is 3.02. The maximum absolute atomic E-state index is 3.98. The number of fused-ring (bicyclic) bond motifs is 3. The molecule has 0 spiro atoms. The first-order valence-electron chi connectivity index (χ1n) is 9.14. The topological polar surface area (TPSA) is 27.3 Å². The van der Waals surface area contributed by atoms with E-state index in [1.807, 2.05) is 0 Å². The molecular formula is C18H35N3. The van der Waals surface area contributed by atoms with E-state index in [9.17, 15) is 0 Å². The van der Waals surface area contributed by atoms with Gasteiger partial charge >= 0.3 is 0 Å². The third-order valence-electron chi connectivity index (χ3n) is 6.22. The molecule has 0 saturated carbocycles. The first-order valence-corrected chi connectivity index (χ1v) is 9.14. The highest BCUT2D eigenvalue weighted by Crippen LogP contribution is 2.51. The second-order valence-electron chi connectivity index (χ2n) is 8.80. The van der Waals surface area contributed by atoms with Crippen molar-refractivity contribution in [1.82, 2.24) is 15.5 Å². The van der Waals surface area contributed by atoms with Crippen LogP contribution in [0.1, 0.15) is 60.8 Å². The van der Waals surface area contributed by atoms with Gasteiger partial charge in [0.1, 0.15) is 0 Å². The third kappa shape index (κ3) is 2.46. The Morgan fingerprint density at radius 3 is 2.52 bits per heavy atom. The summed E-state index contributed by atoms with van der Waals surface area (Å²) in [5.74, 6) is 3.27. The van der Waals surface area contributed by atoms with Gasteiger partial charge in [-0.15, -0.1) is 0 Å². The number of likely N-dealkylation sites (tertiary alicyclic amines) is 1. The minimum atomic E-state index is 0.244. The number of piperidine rings is 1. The van der Waals surface area contributed by atoms with E-state index in [4.69, 9.17) is 0 Å². The first kappa shape index (κ1) is 15.8. The van der Waals surface area contributed by atoms with Gasteiger partial charge in [-0.05, 0) is 70.3 Å². The Labute approximate surface area is 131 Å². The van der Waals surface area contributed by atoms with Crippen molar-refractivity contribution >= 4 is 0 Å². The average molecular weight is 293 g/mol. The Kier molecular flexibility index (Phi) is 4.13. The summed E-state index contributed by atoms with van der Waals surface area (Å²) in [4.78, 5) is 2.82. The van der Waals surface area contributed by atoms with Crippen LogP contribution >= 0.6 is 0 Å². The minimum Gasteiger partial charge on any atom is -0.302 e. The van der Waals surface area contributed by atoms with Crippen molar-refractivity contribution in [3.8, 4) is 0 Å². The lowest BCUT2D eigenvalue weighted by atomic mass is 9.72. The van der Waals surface area contributed by atoms with E-state index in [0.717, 1.165) is 29.7 Å². The zero-order valence-electron chi connectivity index (χ0n) is 14.8. The monoisotopic (exact) mass is 293 g/mol. The molecule has 3 saturated heterocycles. The lowest BCUT2D eigenvalue weighted by Crippen LogP contribution is -2.57. The Morgan fingerprint density at radius 1 is 1.24 bits per heavy atom. The van der Waals surface area contributed by atoms with Crippen LogP contribution < -0.4 is 10.6 Å². The molecule has 0 aromatic rings. The summed E-state index contributed by atoms with van der Waals surface area (Å²) in [6.07, 6.45) is 5.16. The lowest BCUT2D eigenvalue weighted by molar-refractivity contribution is 0.0454. The first-order chi connectivity index (χ1) is 9.86. The maximum Gasteiger partial charge on any atom is 0.0652 e. The molecule has 3 rings (SSSR count). The zero-order valence-corrected chi connectivity index (χ0v) is 14.8. The van der Waals surface area contributed by atoms with Crippen LogP contribution in [0.15, 0.2) is 0 Å². The standard InChI is InChI=1S/C18H35N3/c1-7-13-14(11(2)3)15-12-9-8-10-19-16(12)20-17(15)21(13)18(4,5)6/h11-17,19-20H,7-10H2,1-6H3. The molecule has 6 atom stereocenters. The van der Waals surface area contributed by atoms with Crippen LogP contribution in [0.25, 0.3) is 0 Å². The summed E-state index contributed by atoms with van der Waals surface area (Å²) in [7, 11) is 0. The average Bonchev–Trinajstić information content (AvgIpc) is 2.90. The fourth-order valence-corrected chi connectivity index (χ4v) is 5.72. The molecule has 0 bridgehead atoms. The van der Waals surface area contributed by atoms with E-state index in [0.29, 0.717) is 12.3 Å². The lowest BCUT2D eigenvalue weighted by Gasteiger charge is -2.43. The maximum atomic E-state index is 3.98. The van der Waals surface area contributed by atoms with Gasteiger partial charge in [0.05, 0.1) is 12.3 Å². The summed E-state index contributed by atoms with van der Waals surface area (Å²) in [5.41, 5.74) is 0.244. The highest BCUT2D eigenvalue weighted by Gasteiger charge is 2.59. The Morgan fingerprint density at radius 2 is 1.95 bits per heavy atom. The Bertz CT molecular complexity index is 373. The van der Waals surface area contributed by atoms with Crippen LogP contribution in [0.2, 0.25) is 0 Å². The van der Waals surface area contributed by atoms with Crippen LogP contribution in [0.4, 0.5) is 0 Å². The van der Waals surface area contributed by atoms with Gasteiger partial charge in [-0.1, -0.05) is 20.8 Å². The molecule has 6 unspecified atom stereocenters. The minimum absolute atomic E-state index is 0.244. The Hall–Kier alpha value is -0.120. The van der Waals surface area contributed by atoms with Gasteiger partial charge in [0.25, 0.3) is 0 Å². The van der Waals surface area contributed by atoms with E-state index in [2.05, 4.69) is 57.1 Å². The van der Waals surface area contributed by atoms with Crippen molar-refractivity contribution in [3.63, 3.8) is 0 Å². The molecule has 3 fully saturated rings. The highest BCUT2D eigenvalue weighted by molar-refractivity contribution is 5.11. The SMILES string of the molecule is CCC1C(C(C)C)C2C3CCCNC3NC2N1C(C)(C)C. The van der Waals surface area contributed by atoms with Gasteiger partial charge in [-0.25, -0.2) is 0 Å². The third-order valence-corrected chi connectivity index (χ3v) is 6.22. The van der Waals surface area contributed by atoms with Gasteiger partial charge in [-0.2, -0.15) is 0 Å². The van der Waals surface area contributed by atoms with Crippen molar-refractivity contribution in [2.45, 2.75) is 84.7 Å². The summed E-state index contributed by atoms with van der Waals surface area (Å²) >= 11 is 0. The molecule has 122 valence electrons. The Balaban J connectivity index is 1.97. The molecule has 3 heteroatoms. The van der Waals surface area contributed by atoms with Crippen LogP contribution in [0, 0.1) is 23.7 Å². The molecule has 3 aliphatic rings. The van der Waals surface area contributed by atoms with Gasteiger partial charge in [-0.3, -0.25) is 10.2 Å². The molecule has 2 N–H and O–H groups in total. The van der Waals surface area contributed by atoms with Crippen LogP contribution in [-0.2, 0) is 0 Å². The molecule has 0 aromatic carbocycles. The van der Waals surface area contributed by atoms with Crippen LogP contribution in [-0.4, -0.2) is 35.4 Å². The van der Waals surface area contributed by atoms with Crippen molar-refractivity contribution in [2.24, 2.45) is 23.7 Å². The van der Waals surface area contributed by atoms with Crippen LogP contribution in [0.5, 0.6) is 0 Å². The normalized spacial score (nSPS) is 44.1. The molecule has 0 amide bonds. The summed E-state index contributed by atoms with van der Waals surface area (Å²) in [6, 6.07) is 0.732. The number of nitrogens with zero attached hydrogens (tertiary/aromatic N) is 1. The fraction of sp³-hybridized carbons (Fsp3) is 1.00. The van der Waals surface area contributed by atoms with E-state index in [1.54, 1.807) is 0 Å². The molecular weight excluding hydrogens is 258 g/mol. The van der Waals surface area contributed by atoms with E-state index in [-0.39, 0.29) is 5.54 Å². The van der Waals surface area contributed by atoms with Crippen molar-refractivity contribution in [1.29, 1.82) is 0 Å². The molecule has 0 aliphatic carbocycles. The largest absolute Gasteiger partial charge is 0.302 e. The predicted molar refractivity (Wildman–Crippen MR) is 88.9 cm³/mol. The van der Waals surface area contributed by atoms with Crippen LogP contribution in [0.3, 0.4) is 0 Å². The van der Waals surface area contributed by atoms with E-state index >= 15 is 0 Å². The number of nitrogens with one attached hydrogen (secondary N) is 2. The van der Waals surface area contributed by atoms with Gasteiger partial charge in [0.2, 0.25) is 0 Å². The molecule has 3 nitrogen and oxygen atoms in total. The smallest absolute Gasteiger partial charge is 0.0652 e. The molecule has 0 aromatic heterocycles. The van der Waals surface area contributed by atoms with Crippen molar-refractivity contribution in [2.75, 3.05) is 6.54 Å². The second kappa shape index (κ2) is 5.50. The summed E-state index contributed by atoms with van der Waals surface area (Å²) in [6.45, 7) is 15.6. The second-order valence-corrected chi connectivity index (χ2v) is 8.80.